The summed E-state index contributed by atoms with van der Waals surface area (Å²) in [4.78, 5) is 0. The van der Waals surface area contributed by atoms with Crippen LogP contribution in [-0.4, -0.2) is 12.2 Å². The van der Waals surface area contributed by atoms with Gasteiger partial charge in [0.05, 0.1) is 17.7 Å². The molecule has 0 heterocycles. The smallest absolute Gasteiger partial charge is 0.137 e. The van der Waals surface area contributed by atoms with Crippen LogP contribution in [0, 0.1) is 5.92 Å². The predicted molar refractivity (Wildman–Crippen MR) is 74.1 cm³/mol. The molecule has 1 fully saturated rings. The number of ether oxygens (including phenoxy) is 1. The van der Waals surface area contributed by atoms with Crippen LogP contribution in [0.2, 0.25) is 5.02 Å². The van der Waals surface area contributed by atoms with Crippen LogP contribution in [0.25, 0.3) is 0 Å². The molecule has 0 bridgehead atoms. The second kappa shape index (κ2) is 5.50. The zero-order chi connectivity index (χ0) is 13.2. The van der Waals surface area contributed by atoms with Gasteiger partial charge in [-0.3, -0.25) is 0 Å². The fourth-order valence-corrected chi connectivity index (χ4v) is 3.27. The molecule has 0 aromatic heterocycles. The summed E-state index contributed by atoms with van der Waals surface area (Å²) in [5.74, 6) is 0.972. The van der Waals surface area contributed by atoms with Gasteiger partial charge in [0.2, 0.25) is 0 Å². The second-order valence-electron chi connectivity index (χ2n) is 5.12. The third-order valence-electron chi connectivity index (χ3n) is 4.18. The molecule has 0 saturated heterocycles. The molecular weight excluding hydrogens is 248 g/mol. The van der Waals surface area contributed by atoms with Crippen LogP contribution in [0.1, 0.15) is 44.6 Å². The predicted octanol–water partition coefficient (Wildman–Crippen LogP) is 4.14. The van der Waals surface area contributed by atoms with E-state index in [-0.39, 0.29) is 0 Å². The van der Waals surface area contributed by atoms with E-state index in [1.54, 1.807) is 7.11 Å². The van der Waals surface area contributed by atoms with Crippen molar-refractivity contribution >= 4 is 11.6 Å². The van der Waals surface area contributed by atoms with E-state index in [1.165, 1.54) is 6.42 Å². The van der Waals surface area contributed by atoms with E-state index in [0.717, 1.165) is 31.2 Å². The molecule has 2 unspecified atom stereocenters. The maximum Gasteiger partial charge on any atom is 0.137 e. The lowest BCUT2D eigenvalue weighted by Gasteiger charge is -2.40. The van der Waals surface area contributed by atoms with Crippen LogP contribution in [-0.2, 0) is 5.60 Å². The summed E-state index contributed by atoms with van der Waals surface area (Å²) in [6.07, 6.45) is 5.22. The van der Waals surface area contributed by atoms with Gasteiger partial charge in [-0.1, -0.05) is 43.9 Å². The lowest BCUT2D eigenvalue weighted by molar-refractivity contribution is -0.0558. The molecule has 1 aromatic carbocycles. The Morgan fingerprint density at radius 3 is 2.89 bits per heavy atom. The fraction of sp³-hybridized carbons (Fsp3) is 0.600. The van der Waals surface area contributed by atoms with E-state index in [9.17, 15) is 5.11 Å². The molecule has 2 nitrogen and oxygen atoms in total. The van der Waals surface area contributed by atoms with Crippen molar-refractivity contribution in [2.45, 2.75) is 44.6 Å². The number of benzene rings is 1. The minimum Gasteiger partial charge on any atom is -0.495 e. The van der Waals surface area contributed by atoms with Crippen LogP contribution >= 0.6 is 11.6 Å². The number of rotatable bonds is 3. The SMILES string of the molecule is CCC1CCCCC1(O)c1ccc(Cl)c(OC)c1. The molecule has 1 aliphatic rings. The zero-order valence-corrected chi connectivity index (χ0v) is 11.8. The monoisotopic (exact) mass is 268 g/mol. The van der Waals surface area contributed by atoms with Gasteiger partial charge in [0, 0.05) is 0 Å². The molecule has 0 amide bonds. The first-order chi connectivity index (χ1) is 8.61. The highest BCUT2D eigenvalue weighted by atomic mass is 35.5. The average Bonchev–Trinajstić information content (AvgIpc) is 2.39. The summed E-state index contributed by atoms with van der Waals surface area (Å²) in [5.41, 5.74) is 0.223. The number of hydrogen-bond donors (Lipinski definition) is 1. The van der Waals surface area contributed by atoms with Crippen molar-refractivity contribution in [1.82, 2.24) is 0 Å². The Bertz CT molecular complexity index is 419. The number of aliphatic hydroxyl groups is 1. The van der Waals surface area contributed by atoms with Crippen molar-refractivity contribution < 1.29 is 9.84 Å². The molecule has 0 radical (unpaired) electrons. The molecule has 2 atom stereocenters. The summed E-state index contributed by atoms with van der Waals surface area (Å²) in [5, 5.41) is 11.6. The van der Waals surface area contributed by atoms with Crippen molar-refractivity contribution in [2.24, 2.45) is 5.92 Å². The zero-order valence-electron chi connectivity index (χ0n) is 11.1. The highest BCUT2D eigenvalue weighted by Gasteiger charge is 2.39. The summed E-state index contributed by atoms with van der Waals surface area (Å²) in [7, 11) is 1.60. The number of halogens is 1. The third-order valence-corrected chi connectivity index (χ3v) is 4.49. The van der Waals surface area contributed by atoms with E-state index in [0.29, 0.717) is 16.7 Å². The van der Waals surface area contributed by atoms with Crippen molar-refractivity contribution in [3.8, 4) is 5.75 Å². The van der Waals surface area contributed by atoms with Gasteiger partial charge in [-0.2, -0.15) is 0 Å². The van der Waals surface area contributed by atoms with E-state index in [4.69, 9.17) is 16.3 Å². The van der Waals surface area contributed by atoms with E-state index in [1.807, 2.05) is 18.2 Å². The first-order valence-corrected chi connectivity index (χ1v) is 7.06. The highest BCUT2D eigenvalue weighted by molar-refractivity contribution is 6.32. The Labute approximate surface area is 114 Å². The van der Waals surface area contributed by atoms with Crippen LogP contribution in [0.3, 0.4) is 0 Å². The Morgan fingerprint density at radius 1 is 1.44 bits per heavy atom. The average molecular weight is 269 g/mol. The lowest BCUT2D eigenvalue weighted by atomic mass is 9.70. The van der Waals surface area contributed by atoms with Gasteiger partial charge in [-0.25, -0.2) is 0 Å². The van der Waals surface area contributed by atoms with E-state index in [2.05, 4.69) is 6.92 Å². The van der Waals surface area contributed by atoms with Gasteiger partial charge in [0.25, 0.3) is 0 Å². The Hall–Kier alpha value is -0.730. The second-order valence-corrected chi connectivity index (χ2v) is 5.53. The van der Waals surface area contributed by atoms with Crippen molar-refractivity contribution in [1.29, 1.82) is 0 Å². The van der Waals surface area contributed by atoms with Gasteiger partial charge >= 0.3 is 0 Å². The Morgan fingerprint density at radius 2 is 2.22 bits per heavy atom. The summed E-state index contributed by atoms with van der Waals surface area (Å²) in [6.45, 7) is 2.15. The van der Waals surface area contributed by atoms with Crippen molar-refractivity contribution in [3.63, 3.8) is 0 Å². The topological polar surface area (TPSA) is 29.5 Å². The first-order valence-electron chi connectivity index (χ1n) is 6.68. The van der Waals surface area contributed by atoms with Crippen LogP contribution in [0.5, 0.6) is 5.75 Å². The number of hydrogen-bond acceptors (Lipinski definition) is 2. The summed E-state index contributed by atoms with van der Waals surface area (Å²) < 4.78 is 5.25. The van der Waals surface area contributed by atoms with Gasteiger partial charge in [-0.05, 0) is 36.5 Å². The summed E-state index contributed by atoms with van der Waals surface area (Å²) in [6, 6.07) is 5.63. The molecule has 18 heavy (non-hydrogen) atoms. The van der Waals surface area contributed by atoms with Crippen LogP contribution < -0.4 is 4.74 Å². The lowest BCUT2D eigenvalue weighted by Crippen LogP contribution is -2.37. The van der Waals surface area contributed by atoms with Gasteiger partial charge in [0.15, 0.2) is 0 Å². The minimum absolute atomic E-state index is 0.331. The molecule has 2 rings (SSSR count). The third kappa shape index (κ3) is 2.36. The fourth-order valence-electron chi connectivity index (χ4n) is 3.08. The molecule has 100 valence electrons. The molecule has 1 saturated carbocycles. The molecule has 0 aliphatic heterocycles. The molecule has 0 spiro atoms. The van der Waals surface area contributed by atoms with Gasteiger partial charge < -0.3 is 9.84 Å². The quantitative estimate of drug-likeness (QED) is 0.893. The van der Waals surface area contributed by atoms with Crippen LogP contribution in [0.15, 0.2) is 18.2 Å². The summed E-state index contributed by atoms with van der Waals surface area (Å²) >= 11 is 6.04. The van der Waals surface area contributed by atoms with Crippen molar-refractivity contribution in [2.75, 3.05) is 7.11 Å². The minimum atomic E-state index is -0.717. The largest absolute Gasteiger partial charge is 0.495 e. The standard InChI is InChI=1S/C15H21ClO2/c1-3-11-6-4-5-9-15(11,17)12-7-8-13(16)14(10-12)18-2/h7-8,10-11,17H,3-6,9H2,1-2H3. The molecule has 1 aromatic rings. The Kier molecular flexibility index (Phi) is 4.18. The van der Waals surface area contributed by atoms with Crippen LogP contribution in [0.4, 0.5) is 0 Å². The highest BCUT2D eigenvalue weighted by Crippen LogP contribution is 2.44. The number of methoxy groups -OCH3 is 1. The normalized spacial score (nSPS) is 28.1. The Balaban J connectivity index is 2.38. The molecular formula is C15H21ClO2. The molecule has 1 aliphatic carbocycles. The van der Waals surface area contributed by atoms with Gasteiger partial charge in [0.1, 0.15) is 5.75 Å². The maximum atomic E-state index is 11.0. The molecule has 1 N–H and O–H groups in total. The van der Waals surface area contributed by atoms with E-state index >= 15 is 0 Å². The maximum absolute atomic E-state index is 11.0. The molecule has 3 heteroatoms. The van der Waals surface area contributed by atoms with E-state index < -0.39 is 5.60 Å². The van der Waals surface area contributed by atoms with Gasteiger partial charge in [-0.15, -0.1) is 0 Å². The van der Waals surface area contributed by atoms with Crippen molar-refractivity contribution in [3.05, 3.63) is 28.8 Å². The first kappa shape index (κ1) is 13.7.